The average Bonchev–Trinajstić information content (AvgIpc) is 3.19. The minimum absolute atomic E-state index is 0.00638. The van der Waals surface area contributed by atoms with E-state index in [1.54, 1.807) is 10.8 Å². The molecule has 0 saturated carbocycles. The summed E-state index contributed by atoms with van der Waals surface area (Å²) in [6, 6.07) is 23.1. The van der Waals surface area contributed by atoms with Crippen LogP contribution in [0.3, 0.4) is 0 Å². The third-order valence-electron chi connectivity index (χ3n) is 6.48. The van der Waals surface area contributed by atoms with Crippen molar-refractivity contribution in [1.82, 2.24) is 9.47 Å². The van der Waals surface area contributed by atoms with E-state index in [2.05, 4.69) is 12.1 Å². The second-order valence-corrected chi connectivity index (χ2v) is 10.6. The van der Waals surface area contributed by atoms with Gasteiger partial charge in [-0.15, -0.1) is 0 Å². The first kappa shape index (κ1) is 21.5. The first-order valence-electron chi connectivity index (χ1n) is 11.1. The lowest BCUT2D eigenvalue weighted by molar-refractivity contribution is -0.132. The Kier molecular flexibility index (Phi) is 5.54. The van der Waals surface area contributed by atoms with Crippen molar-refractivity contribution in [1.29, 1.82) is 0 Å². The van der Waals surface area contributed by atoms with Crippen LogP contribution in [-0.4, -0.2) is 30.3 Å². The van der Waals surface area contributed by atoms with Gasteiger partial charge in [-0.05, 0) is 41.7 Å². The van der Waals surface area contributed by atoms with Crippen molar-refractivity contribution in [2.45, 2.75) is 37.1 Å². The van der Waals surface area contributed by atoms with Gasteiger partial charge in [0.05, 0.1) is 10.6 Å². The summed E-state index contributed by atoms with van der Waals surface area (Å²) < 4.78 is 28.6. The molecular weight excluding hydrogens is 432 g/mol. The molecule has 33 heavy (non-hydrogen) atoms. The highest BCUT2D eigenvalue weighted by Gasteiger charge is 2.25. The monoisotopic (exact) mass is 458 g/mol. The first-order chi connectivity index (χ1) is 15.9. The van der Waals surface area contributed by atoms with E-state index in [1.807, 2.05) is 72.5 Å². The van der Waals surface area contributed by atoms with Crippen LogP contribution in [0.15, 0.2) is 83.9 Å². The van der Waals surface area contributed by atoms with Crippen molar-refractivity contribution < 1.29 is 13.2 Å². The van der Waals surface area contributed by atoms with E-state index in [1.165, 1.54) is 11.1 Å². The molecule has 4 aromatic rings. The summed E-state index contributed by atoms with van der Waals surface area (Å²) in [7, 11) is -3.59. The quantitative estimate of drug-likeness (QED) is 0.442. The Morgan fingerprint density at radius 3 is 2.42 bits per heavy atom. The van der Waals surface area contributed by atoms with Gasteiger partial charge < -0.3 is 9.47 Å². The lowest BCUT2D eigenvalue weighted by Crippen LogP contribution is -2.37. The van der Waals surface area contributed by atoms with Gasteiger partial charge in [-0.3, -0.25) is 4.79 Å². The van der Waals surface area contributed by atoms with Gasteiger partial charge in [0.15, 0.2) is 9.84 Å². The Morgan fingerprint density at radius 2 is 1.61 bits per heavy atom. The molecule has 0 unspecified atom stereocenters. The van der Waals surface area contributed by atoms with E-state index in [4.69, 9.17) is 0 Å². The second-order valence-electron chi connectivity index (χ2n) is 8.66. The molecule has 168 valence electrons. The summed E-state index contributed by atoms with van der Waals surface area (Å²) in [6.45, 7) is 3.30. The van der Waals surface area contributed by atoms with Crippen LogP contribution in [0.5, 0.6) is 0 Å². The minimum atomic E-state index is -3.59. The summed E-state index contributed by atoms with van der Waals surface area (Å²) in [5.74, 6) is -0.0713. The van der Waals surface area contributed by atoms with E-state index < -0.39 is 9.84 Å². The molecule has 6 heteroatoms. The second kappa shape index (κ2) is 8.52. The molecule has 0 aliphatic carbocycles. The van der Waals surface area contributed by atoms with E-state index in [0.29, 0.717) is 18.5 Å². The van der Waals surface area contributed by atoms with Crippen LogP contribution >= 0.6 is 0 Å². The van der Waals surface area contributed by atoms with E-state index in [-0.39, 0.29) is 23.1 Å². The van der Waals surface area contributed by atoms with Crippen LogP contribution in [0.2, 0.25) is 0 Å². The van der Waals surface area contributed by atoms with Gasteiger partial charge in [0.1, 0.15) is 6.54 Å². The fraction of sp³-hybridized carbons (Fsp3) is 0.222. The normalized spacial score (nSPS) is 13.8. The zero-order valence-corrected chi connectivity index (χ0v) is 19.4. The van der Waals surface area contributed by atoms with Gasteiger partial charge in [0, 0.05) is 30.2 Å². The lowest BCUT2D eigenvalue weighted by Gasteiger charge is -2.29. The van der Waals surface area contributed by atoms with E-state index in [9.17, 15) is 13.2 Å². The maximum Gasteiger partial charge on any atom is 0.242 e. The molecule has 1 amide bonds. The number of fused-ring (bicyclic) bond motifs is 2. The number of nitrogens with zero attached hydrogens (tertiary/aromatic N) is 2. The van der Waals surface area contributed by atoms with Crippen LogP contribution < -0.4 is 0 Å². The summed E-state index contributed by atoms with van der Waals surface area (Å²) >= 11 is 0. The third kappa shape index (κ3) is 4.18. The predicted molar refractivity (Wildman–Crippen MR) is 130 cm³/mol. The first-order valence-corrected chi connectivity index (χ1v) is 12.8. The van der Waals surface area contributed by atoms with Crippen molar-refractivity contribution in [3.63, 3.8) is 0 Å². The molecule has 5 rings (SSSR count). The Labute approximate surface area is 194 Å². The molecule has 5 nitrogen and oxygen atoms in total. The van der Waals surface area contributed by atoms with Gasteiger partial charge in [-0.25, -0.2) is 8.42 Å². The maximum absolute atomic E-state index is 13.4. The van der Waals surface area contributed by atoms with Crippen molar-refractivity contribution in [3.8, 4) is 0 Å². The zero-order chi connectivity index (χ0) is 23.0. The van der Waals surface area contributed by atoms with Crippen LogP contribution in [0.1, 0.15) is 22.3 Å². The number of benzene rings is 3. The Morgan fingerprint density at radius 1 is 0.909 bits per heavy atom. The zero-order valence-electron chi connectivity index (χ0n) is 18.6. The number of aromatic nitrogens is 1. The van der Waals surface area contributed by atoms with Crippen molar-refractivity contribution in [2.24, 2.45) is 0 Å². The highest BCUT2D eigenvalue weighted by molar-refractivity contribution is 7.90. The standard InChI is InChI=1S/C27H26N2O3S/c1-20-8-2-3-11-23(20)19-33(31,32)26-17-29(25-13-7-6-12-24(25)26)18-27(30)28-15-14-21-9-4-5-10-22(21)16-28/h2-13,17H,14-16,18-19H2,1H3. The van der Waals surface area contributed by atoms with E-state index in [0.717, 1.165) is 23.1 Å². The molecule has 0 N–H and O–H groups in total. The maximum atomic E-state index is 13.4. The molecule has 1 aliphatic heterocycles. The number of hydrogen-bond acceptors (Lipinski definition) is 3. The molecule has 3 aromatic carbocycles. The van der Waals surface area contributed by atoms with Crippen molar-refractivity contribution in [3.05, 3.63) is 101 Å². The molecular formula is C27H26N2O3S. The fourth-order valence-corrected chi connectivity index (χ4v) is 6.28. The summed E-state index contributed by atoms with van der Waals surface area (Å²) in [5, 5.41) is 0.655. The molecule has 1 aromatic heterocycles. The third-order valence-corrected chi connectivity index (χ3v) is 8.17. The average molecular weight is 459 g/mol. The smallest absolute Gasteiger partial charge is 0.242 e. The predicted octanol–water partition coefficient (Wildman–Crippen LogP) is 4.51. The van der Waals surface area contributed by atoms with Crippen LogP contribution in [-0.2, 0) is 39.9 Å². The van der Waals surface area contributed by atoms with Crippen LogP contribution in [0, 0.1) is 6.92 Å². The van der Waals surface area contributed by atoms with E-state index >= 15 is 0 Å². The molecule has 1 aliphatic rings. The SMILES string of the molecule is Cc1ccccc1CS(=O)(=O)c1cn(CC(=O)N2CCc3ccccc3C2)c2ccccc12. The molecule has 0 atom stereocenters. The molecule has 0 saturated heterocycles. The highest BCUT2D eigenvalue weighted by Crippen LogP contribution is 2.29. The molecule has 2 heterocycles. The molecule has 0 bridgehead atoms. The number of sulfone groups is 1. The number of carbonyl (C=O) groups excluding carboxylic acids is 1. The van der Waals surface area contributed by atoms with Crippen molar-refractivity contribution >= 4 is 26.6 Å². The number of para-hydroxylation sites is 1. The van der Waals surface area contributed by atoms with Crippen molar-refractivity contribution in [2.75, 3.05) is 6.54 Å². The van der Waals surface area contributed by atoms with Crippen LogP contribution in [0.25, 0.3) is 10.9 Å². The number of amides is 1. The Bertz CT molecular complexity index is 1450. The number of hydrogen-bond donors (Lipinski definition) is 0. The number of rotatable bonds is 5. The lowest BCUT2D eigenvalue weighted by atomic mass is 10.00. The molecule has 0 spiro atoms. The van der Waals surface area contributed by atoms with Gasteiger partial charge in [-0.2, -0.15) is 0 Å². The molecule has 0 radical (unpaired) electrons. The van der Waals surface area contributed by atoms with Crippen LogP contribution in [0.4, 0.5) is 0 Å². The summed E-state index contributed by atoms with van der Waals surface area (Å²) in [6.07, 6.45) is 2.47. The van der Waals surface area contributed by atoms with Gasteiger partial charge in [0.2, 0.25) is 5.91 Å². The Hall–Kier alpha value is -3.38. The summed E-state index contributed by atoms with van der Waals surface area (Å²) in [5.41, 5.74) is 4.96. The summed E-state index contributed by atoms with van der Waals surface area (Å²) in [4.78, 5) is 15.3. The Balaban J connectivity index is 1.44. The molecule has 0 fully saturated rings. The van der Waals surface area contributed by atoms with Gasteiger partial charge in [0.25, 0.3) is 0 Å². The topological polar surface area (TPSA) is 59.4 Å². The largest absolute Gasteiger partial charge is 0.337 e. The van der Waals surface area contributed by atoms with Gasteiger partial charge >= 0.3 is 0 Å². The number of aryl methyl sites for hydroxylation is 1. The minimum Gasteiger partial charge on any atom is -0.337 e. The highest BCUT2D eigenvalue weighted by atomic mass is 32.2. The van der Waals surface area contributed by atoms with Gasteiger partial charge in [-0.1, -0.05) is 66.7 Å². The number of carbonyl (C=O) groups is 1. The fourth-order valence-electron chi connectivity index (χ4n) is 4.60.